The molecule has 0 unspecified atom stereocenters. The summed E-state index contributed by atoms with van der Waals surface area (Å²) in [6, 6.07) is 10.2. The number of barbiturate groups is 1. The third kappa shape index (κ3) is 5.31. The van der Waals surface area contributed by atoms with Gasteiger partial charge in [0.15, 0.2) is 18.1 Å². The van der Waals surface area contributed by atoms with Crippen molar-refractivity contribution in [2.75, 3.05) is 52.0 Å². The highest BCUT2D eigenvalue weighted by molar-refractivity contribution is 6.39. The van der Waals surface area contributed by atoms with E-state index < -0.39 is 17.8 Å². The number of amides is 5. The second-order valence-electron chi connectivity index (χ2n) is 7.85. The first-order valence-corrected chi connectivity index (χ1v) is 11.1. The standard InChI is InChI=1S/C25H25N3O8/c1-33-18-6-4-17(5-7-18)28-24(31)19(23(30)26-25(28)32)13-16-3-8-20(21(14-16)34-2)36-15-22(29)27-9-11-35-12-10-27/h3-8,13-14H,9-12,15H2,1-2H3,(H,26,30,32)/b19-13+. The first-order chi connectivity index (χ1) is 17.4. The van der Waals surface area contributed by atoms with Gasteiger partial charge in [-0.2, -0.15) is 0 Å². The molecule has 0 bridgehead atoms. The number of rotatable bonds is 7. The lowest BCUT2D eigenvalue weighted by atomic mass is 10.1. The Morgan fingerprint density at radius 1 is 1.00 bits per heavy atom. The number of hydrogen-bond acceptors (Lipinski definition) is 8. The van der Waals surface area contributed by atoms with E-state index in [-0.39, 0.29) is 23.8 Å². The van der Waals surface area contributed by atoms with Crippen LogP contribution < -0.4 is 24.4 Å². The molecule has 2 aliphatic rings. The van der Waals surface area contributed by atoms with E-state index in [9.17, 15) is 19.2 Å². The molecular weight excluding hydrogens is 470 g/mol. The summed E-state index contributed by atoms with van der Waals surface area (Å²) in [6.07, 6.45) is 1.35. The summed E-state index contributed by atoms with van der Waals surface area (Å²) in [5.41, 5.74) is 0.507. The number of carbonyl (C=O) groups is 4. The first kappa shape index (κ1) is 24.7. The summed E-state index contributed by atoms with van der Waals surface area (Å²) in [7, 11) is 2.94. The van der Waals surface area contributed by atoms with E-state index >= 15 is 0 Å². The average Bonchev–Trinajstić information content (AvgIpc) is 2.90. The average molecular weight is 495 g/mol. The fraction of sp³-hybridized carbons (Fsp3) is 0.280. The molecule has 0 radical (unpaired) electrons. The molecule has 0 aromatic heterocycles. The third-order valence-corrected chi connectivity index (χ3v) is 5.65. The zero-order chi connectivity index (χ0) is 25.7. The second kappa shape index (κ2) is 10.9. The number of benzene rings is 2. The smallest absolute Gasteiger partial charge is 0.335 e. The number of anilines is 1. The highest BCUT2D eigenvalue weighted by atomic mass is 16.5. The van der Waals surface area contributed by atoms with Crippen LogP contribution in [0, 0.1) is 0 Å². The second-order valence-corrected chi connectivity index (χ2v) is 7.85. The summed E-state index contributed by atoms with van der Waals surface area (Å²) >= 11 is 0. The van der Waals surface area contributed by atoms with Gasteiger partial charge in [-0.3, -0.25) is 19.7 Å². The molecule has 0 saturated carbocycles. The SMILES string of the molecule is COc1ccc(N2C(=O)NC(=O)/C(=C\c3ccc(OCC(=O)N4CCOCC4)c(OC)c3)C2=O)cc1. The first-order valence-electron chi connectivity index (χ1n) is 11.1. The van der Waals surface area contributed by atoms with Crippen LogP contribution >= 0.6 is 0 Å². The Labute approximate surface area is 207 Å². The van der Waals surface area contributed by atoms with Gasteiger partial charge in [0, 0.05) is 13.1 Å². The minimum atomic E-state index is -0.849. The molecule has 0 spiro atoms. The lowest BCUT2D eigenvalue weighted by Crippen LogP contribution is -2.54. The third-order valence-electron chi connectivity index (χ3n) is 5.65. The van der Waals surface area contributed by atoms with Gasteiger partial charge in [0.2, 0.25) is 0 Å². The van der Waals surface area contributed by atoms with Crippen molar-refractivity contribution >= 4 is 35.5 Å². The number of nitrogens with one attached hydrogen (secondary N) is 1. The van der Waals surface area contributed by atoms with E-state index in [2.05, 4.69) is 5.32 Å². The van der Waals surface area contributed by atoms with Crippen molar-refractivity contribution < 1.29 is 38.1 Å². The van der Waals surface area contributed by atoms with Crippen LogP contribution in [0.4, 0.5) is 10.5 Å². The highest BCUT2D eigenvalue weighted by Gasteiger charge is 2.36. The molecular formula is C25H25N3O8. The van der Waals surface area contributed by atoms with Crippen LogP contribution in [0.2, 0.25) is 0 Å². The quantitative estimate of drug-likeness (QED) is 0.454. The normalized spacial score (nSPS) is 17.2. The molecule has 2 saturated heterocycles. The van der Waals surface area contributed by atoms with Gasteiger partial charge in [0.05, 0.1) is 33.1 Å². The predicted molar refractivity (Wildman–Crippen MR) is 128 cm³/mol. The van der Waals surface area contributed by atoms with E-state index in [1.807, 2.05) is 0 Å². The Kier molecular flexibility index (Phi) is 7.50. The van der Waals surface area contributed by atoms with Gasteiger partial charge in [-0.25, -0.2) is 9.69 Å². The summed E-state index contributed by atoms with van der Waals surface area (Å²) in [6.45, 7) is 1.84. The number of morpholine rings is 1. The summed E-state index contributed by atoms with van der Waals surface area (Å²) in [4.78, 5) is 52.9. The van der Waals surface area contributed by atoms with E-state index in [1.165, 1.54) is 32.4 Å². The Hall–Kier alpha value is -4.38. The Morgan fingerprint density at radius 3 is 2.39 bits per heavy atom. The van der Waals surface area contributed by atoms with Gasteiger partial charge >= 0.3 is 6.03 Å². The van der Waals surface area contributed by atoms with Crippen LogP contribution in [0.25, 0.3) is 6.08 Å². The van der Waals surface area contributed by atoms with E-state index in [1.54, 1.807) is 35.2 Å². The molecule has 2 aromatic rings. The molecule has 0 atom stereocenters. The fourth-order valence-electron chi connectivity index (χ4n) is 3.73. The molecule has 36 heavy (non-hydrogen) atoms. The molecule has 5 amide bonds. The fourth-order valence-corrected chi connectivity index (χ4v) is 3.73. The highest BCUT2D eigenvalue weighted by Crippen LogP contribution is 2.30. The van der Waals surface area contributed by atoms with Crippen LogP contribution in [0.15, 0.2) is 48.0 Å². The van der Waals surface area contributed by atoms with Gasteiger partial charge < -0.3 is 23.8 Å². The van der Waals surface area contributed by atoms with Gasteiger partial charge in [0.25, 0.3) is 17.7 Å². The molecule has 11 heteroatoms. The van der Waals surface area contributed by atoms with Crippen molar-refractivity contribution in [1.82, 2.24) is 10.2 Å². The lowest BCUT2D eigenvalue weighted by Gasteiger charge is -2.27. The monoisotopic (exact) mass is 495 g/mol. The molecule has 11 nitrogen and oxygen atoms in total. The van der Waals surface area contributed by atoms with Crippen LogP contribution in [-0.4, -0.2) is 75.8 Å². The maximum Gasteiger partial charge on any atom is 0.335 e. The molecule has 2 aromatic carbocycles. The molecule has 2 heterocycles. The zero-order valence-corrected chi connectivity index (χ0v) is 19.8. The molecule has 1 N–H and O–H groups in total. The summed E-state index contributed by atoms with van der Waals surface area (Å²) in [5.74, 6) is -0.563. The maximum atomic E-state index is 13.1. The van der Waals surface area contributed by atoms with Crippen LogP contribution in [0.3, 0.4) is 0 Å². The van der Waals surface area contributed by atoms with Crippen LogP contribution in [-0.2, 0) is 19.1 Å². The van der Waals surface area contributed by atoms with E-state index in [4.69, 9.17) is 18.9 Å². The Morgan fingerprint density at radius 2 is 1.72 bits per heavy atom. The minimum Gasteiger partial charge on any atom is -0.497 e. The topological polar surface area (TPSA) is 124 Å². The molecule has 2 aliphatic heterocycles. The van der Waals surface area contributed by atoms with E-state index in [0.29, 0.717) is 49.1 Å². The maximum absolute atomic E-state index is 13.1. The van der Waals surface area contributed by atoms with Gasteiger partial charge in [-0.05, 0) is 48.0 Å². The van der Waals surface area contributed by atoms with Crippen molar-refractivity contribution in [3.05, 3.63) is 53.6 Å². The van der Waals surface area contributed by atoms with Crippen molar-refractivity contribution in [2.45, 2.75) is 0 Å². The van der Waals surface area contributed by atoms with Crippen LogP contribution in [0.5, 0.6) is 17.2 Å². The molecule has 0 aliphatic carbocycles. The summed E-state index contributed by atoms with van der Waals surface area (Å²) in [5, 5.41) is 2.18. The number of nitrogens with zero attached hydrogens (tertiary/aromatic N) is 2. The van der Waals surface area contributed by atoms with Gasteiger partial charge in [0.1, 0.15) is 11.3 Å². The predicted octanol–water partition coefficient (Wildman–Crippen LogP) is 1.61. The molecule has 4 rings (SSSR count). The lowest BCUT2D eigenvalue weighted by molar-refractivity contribution is -0.137. The minimum absolute atomic E-state index is 0.167. The van der Waals surface area contributed by atoms with Crippen molar-refractivity contribution in [3.63, 3.8) is 0 Å². The number of ether oxygens (including phenoxy) is 4. The summed E-state index contributed by atoms with van der Waals surface area (Å²) < 4.78 is 21.4. The number of hydrogen-bond donors (Lipinski definition) is 1. The van der Waals surface area contributed by atoms with Crippen molar-refractivity contribution in [3.8, 4) is 17.2 Å². The van der Waals surface area contributed by atoms with Crippen molar-refractivity contribution in [1.29, 1.82) is 0 Å². The Bertz CT molecular complexity index is 1200. The number of methoxy groups -OCH3 is 2. The number of urea groups is 1. The molecule has 2 fully saturated rings. The number of imide groups is 2. The van der Waals surface area contributed by atoms with E-state index in [0.717, 1.165) is 4.90 Å². The van der Waals surface area contributed by atoms with Gasteiger partial charge in [-0.15, -0.1) is 0 Å². The number of carbonyl (C=O) groups excluding carboxylic acids is 4. The largest absolute Gasteiger partial charge is 0.497 e. The van der Waals surface area contributed by atoms with Crippen LogP contribution in [0.1, 0.15) is 5.56 Å². The Balaban J connectivity index is 1.52. The molecule has 188 valence electrons. The zero-order valence-electron chi connectivity index (χ0n) is 19.8. The van der Waals surface area contributed by atoms with Gasteiger partial charge in [-0.1, -0.05) is 6.07 Å². The van der Waals surface area contributed by atoms with Crippen molar-refractivity contribution in [2.24, 2.45) is 0 Å².